The van der Waals surface area contributed by atoms with Crippen LogP contribution in [0.4, 0.5) is 0 Å². The van der Waals surface area contributed by atoms with E-state index in [-0.39, 0.29) is 18.4 Å². The Morgan fingerprint density at radius 2 is 1.93 bits per heavy atom. The molecule has 4 heteroatoms. The van der Waals surface area contributed by atoms with Gasteiger partial charge in [-0.05, 0) is 20.3 Å². The van der Waals surface area contributed by atoms with Crippen molar-refractivity contribution in [3.05, 3.63) is 0 Å². The van der Waals surface area contributed by atoms with Crippen LogP contribution in [0.3, 0.4) is 0 Å². The molecular weight excluding hydrogens is 182 g/mol. The van der Waals surface area contributed by atoms with Crippen molar-refractivity contribution in [1.29, 1.82) is 0 Å². The molecule has 0 aliphatic carbocycles. The van der Waals surface area contributed by atoms with Crippen LogP contribution in [0, 0.1) is 11.3 Å². The molecule has 0 bridgehead atoms. The lowest BCUT2D eigenvalue weighted by Crippen LogP contribution is -2.40. The zero-order chi connectivity index (χ0) is 11.4. The summed E-state index contributed by atoms with van der Waals surface area (Å²) in [5.41, 5.74) is -0.900. The standard InChI is InChI=1S/C10H19NO3/c1-5-7(2)8(12)11-6-10(3,4)9(13)14/h7H,5-6H2,1-4H3,(H,11,12)(H,13,14). The van der Waals surface area contributed by atoms with Crippen LogP contribution < -0.4 is 5.32 Å². The fourth-order valence-corrected chi connectivity index (χ4v) is 0.743. The average molecular weight is 201 g/mol. The molecule has 82 valence electrons. The zero-order valence-electron chi connectivity index (χ0n) is 9.26. The minimum Gasteiger partial charge on any atom is -0.481 e. The Bertz CT molecular complexity index is 223. The van der Waals surface area contributed by atoms with Gasteiger partial charge in [0, 0.05) is 12.5 Å². The minimum atomic E-state index is -0.901. The van der Waals surface area contributed by atoms with Crippen molar-refractivity contribution in [3.8, 4) is 0 Å². The monoisotopic (exact) mass is 201 g/mol. The van der Waals surface area contributed by atoms with Crippen LogP contribution in [0.2, 0.25) is 0 Å². The van der Waals surface area contributed by atoms with Gasteiger partial charge in [-0.3, -0.25) is 9.59 Å². The SMILES string of the molecule is CCC(C)C(=O)NCC(C)(C)C(=O)O. The highest BCUT2D eigenvalue weighted by Gasteiger charge is 2.27. The van der Waals surface area contributed by atoms with E-state index in [0.717, 1.165) is 6.42 Å². The van der Waals surface area contributed by atoms with Crippen LogP contribution >= 0.6 is 0 Å². The Morgan fingerprint density at radius 3 is 2.29 bits per heavy atom. The van der Waals surface area contributed by atoms with Crippen molar-refractivity contribution >= 4 is 11.9 Å². The summed E-state index contributed by atoms with van der Waals surface area (Å²) in [7, 11) is 0. The van der Waals surface area contributed by atoms with Gasteiger partial charge in [0.1, 0.15) is 0 Å². The molecule has 0 saturated carbocycles. The van der Waals surface area contributed by atoms with Crippen LogP contribution in [0.25, 0.3) is 0 Å². The summed E-state index contributed by atoms with van der Waals surface area (Å²) in [6.45, 7) is 7.10. The van der Waals surface area contributed by atoms with E-state index in [1.54, 1.807) is 13.8 Å². The molecule has 0 saturated heterocycles. The Morgan fingerprint density at radius 1 is 1.43 bits per heavy atom. The number of carbonyl (C=O) groups excluding carboxylic acids is 1. The van der Waals surface area contributed by atoms with Gasteiger partial charge in [0.25, 0.3) is 0 Å². The maximum Gasteiger partial charge on any atom is 0.310 e. The Labute approximate surface area is 84.7 Å². The second-order valence-corrected chi connectivity index (χ2v) is 4.22. The molecule has 14 heavy (non-hydrogen) atoms. The second kappa shape index (κ2) is 4.98. The summed E-state index contributed by atoms with van der Waals surface area (Å²) in [6.07, 6.45) is 0.763. The molecule has 0 aliphatic rings. The van der Waals surface area contributed by atoms with E-state index >= 15 is 0 Å². The predicted molar refractivity (Wildman–Crippen MR) is 53.9 cm³/mol. The zero-order valence-corrected chi connectivity index (χ0v) is 9.26. The highest BCUT2D eigenvalue weighted by atomic mass is 16.4. The maximum atomic E-state index is 11.3. The number of carbonyl (C=O) groups is 2. The Hall–Kier alpha value is -1.06. The van der Waals surface area contributed by atoms with Gasteiger partial charge in [-0.15, -0.1) is 0 Å². The molecule has 4 nitrogen and oxygen atoms in total. The number of amides is 1. The normalized spacial score (nSPS) is 13.4. The number of hydrogen-bond donors (Lipinski definition) is 2. The van der Waals surface area contributed by atoms with Crippen LogP contribution in [-0.2, 0) is 9.59 Å². The lowest BCUT2D eigenvalue weighted by Gasteiger charge is -2.20. The van der Waals surface area contributed by atoms with E-state index in [4.69, 9.17) is 5.11 Å². The smallest absolute Gasteiger partial charge is 0.310 e. The van der Waals surface area contributed by atoms with E-state index < -0.39 is 11.4 Å². The minimum absolute atomic E-state index is 0.0559. The summed E-state index contributed by atoms with van der Waals surface area (Å²) in [4.78, 5) is 22.1. The van der Waals surface area contributed by atoms with Crippen molar-refractivity contribution < 1.29 is 14.7 Å². The van der Waals surface area contributed by atoms with Gasteiger partial charge in [-0.25, -0.2) is 0 Å². The quantitative estimate of drug-likeness (QED) is 0.703. The van der Waals surface area contributed by atoms with Crippen LogP contribution in [-0.4, -0.2) is 23.5 Å². The molecule has 0 aromatic rings. The van der Waals surface area contributed by atoms with E-state index in [2.05, 4.69) is 5.32 Å². The van der Waals surface area contributed by atoms with E-state index in [1.165, 1.54) is 0 Å². The first-order valence-corrected chi connectivity index (χ1v) is 4.82. The molecule has 0 rings (SSSR count). The van der Waals surface area contributed by atoms with Crippen LogP contribution in [0.5, 0.6) is 0 Å². The van der Waals surface area contributed by atoms with Crippen molar-refractivity contribution in [2.24, 2.45) is 11.3 Å². The first-order chi connectivity index (χ1) is 6.31. The molecule has 0 aromatic carbocycles. The molecule has 0 aromatic heterocycles. The van der Waals surface area contributed by atoms with Crippen molar-refractivity contribution in [1.82, 2.24) is 5.32 Å². The van der Waals surface area contributed by atoms with Gasteiger partial charge in [0.2, 0.25) is 5.91 Å². The van der Waals surface area contributed by atoms with E-state index in [9.17, 15) is 9.59 Å². The molecule has 1 atom stereocenters. The van der Waals surface area contributed by atoms with Crippen molar-refractivity contribution in [2.75, 3.05) is 6.54 Å². The summed E-state index contributed by atoms with van der Waals surface area (Å²) in [5.74, 6) is -1.04. The molecule has 0 spiro atoms. The third-order valence-corrected chi connectivity index (χ3v) is 2.34. The van der Waals surface area contributed by atoms with Crippen LogP contribution in [0.15, 0.2) is 0 Å². The molecule has 1 amide bonds. The Balaban J connectivity index is 4.06. The molecule has 2 N–H and O–H groups in total. The van der Waals surface area contributed by atoms with E-state index in [0.29, 0.717) is 0 Å². The molecular formula is C10H19NO3. The maximum absolute atomic E-state index is 11.3. The average Bonchev–Trinajstić information content (AvgIpc) is 2.12. The van der Waals surface area contributed by atoms with Gasteiger partial charge in [-0.2, -0.15) is 0 Å². The number of hydrogen-bond acceptors (Lipinski definition) is 2. The number of rotatable bonds is 5. The van der Waals surface area contributed by atoms with Gasteiger partial charge < -0.3 is 10.4 Å². The summed E-state index contributed by atoms with van der Waals surface area (Å²) in [6, 6.07) is 0. The lowest BCUT2D eigenvalue weighted by atomic mass is 9.93. The molecule has 0 radical (unpaired) electrons. The summed E-state index contributed by atoms with van der Waals surface area (Å²) < 4.78 is 0. The Kier molecular flexibility index (Phi) is 4.60. The second-order valence-electron chi connectivity index (χ2n) is 4.22. The highest BCUT2D eigenvalue weighted by molar-refractivity contribution is 5.80. The fourth-order valence-electron chi connectivity index (χ4n) is 0.743. The van der Waals surface area contributed by atoms with Crippen molar-refractivity contribution in [3.63, 3.8) is 0 Å². The first kappa shape index (κ1) is 12.9. The summed E-state index contributed by atoms with van der Waals surface area (Å²) in [5, 5.41) is 11.4. The van der Waals surface area contributed by atoms with Gasteiger partial charge in [-0.1, -0.05) is 13.8 Å². The lowest BCUT2D eigenvalue weighted by molar-refractivity contribution is -0.146. The third kappa shape index (κ3) is 3.77. The molecule has 0 aliphatic heterocycles. The highest BCUT2D eigenvalue weighted by Crippen LogP contribution is 2.13. The topological polar surface area (TPSA) is 66.4 Å². The molecule has 0 heterocycles. The van der Waals surface area contributed by atoms with Crippen molar-refractivity contribution in [2.45, 2.75) is 34.1 Å². The van der Waals surface area contributed by atoms with Gasteiger partial charge in [0.15, 0.2) is 0 Å². The van der Waals surface area contributed by atoms with Gasteiger partial charge >= 0.3 is 5.97 Å². The number of carboxylic acids is 1. The van der Waals surface area contributed by atoms with E-state index in [1.807, 2.05) is 13.8 Å². The number of aliphatic carboxylic acids is 1. The fraction of sp³-hybridized carbons (Fsp3) is 0.800. The van der Waals surface area contributed by atoms with Gasteiger partial charge in [0.05, 0.1) is 5.41 Å². The number of carboxylic acid groups (broad SMARTS) is 1. The van der Waals surface area contributed by atoms with Crippen LogP contribution in [0.1, 0.15) is 34.1 Å². The third-order valence-electron chi connectivity index (χ3n) is 2.34. The summed E-state index contributed by atoms with van der Waals surface area (Å²) >= 11 is 0. The molecule has 1 unspecified atom stereocenters. The molecule has 0 fully saturated rings. The number of nitrogens with one attached hydrogen (secondary N) is 1. The first-order valence-electron chi connectivity index (χ1n) is 4.82. The predicted octanol–water partition coefficient (Wildman–Crippen LogP) is 1.26. The largest absolute Gasteiger partial charge is 0.481 e.